The highest BCUT2D eigenvalue weighted by Gasteiger charge is 2.20. The molecule has 59 valence electrons. The number of nitrogens with zero attached hydrogens (tertiary/aromatic N) is 1. The summed E-state index contributed by atoms with van der Waals surface area (Å²) in [6.07, 6.45) is 2.29. The summed E-state index contributed by atoms with van der Waals surface area (Å²) < 4.78 is 4.11. The molecule has 0 N–H and O–H groups in total. The Morgan fingerprint density at radius 2 is 2.00 bits per heavy atom. The van der Waals surface area contributed by atoms with Crippen molar-refractivity contribution in [3.05, 3.63) is 24.6 Å². The molecule has 0 aromatic carbocycles. The van der Waals surface area contributed by atoms with Gasteiger partial charge in [0.1, 0.15) is 0 Å². The van der Waals surface area contributed by atoms with E-state index in [1.165, 1.54) is 6.69 Å². The van der Waals surface area contributed by atoms with Crippen molar-refractivity contribution in [2.24, 2.45) is 4.66 Å². The van der Waals surface area contributed by atoms with Crippen molar-refractivity contribution in [1.82, 2.24) is 0 Å². The summed E-state index contributed by atoms with van der Waals surface area (Å²) in [7, 11) is -2.24. The van der Waals surface area contributed by atoms with E-state index in [1.807, 2.05) is 0 Å². The van der Waals surface area contributed by atoms with Crippen LogP contribution in [-0.2, 0) is 0 Å². The van der Waals surface area contributed by atoms with Gasteiger partial charge in [-0.3, -0.25) is 0 Å². The third-order valence-corrected chi connectivity index (χ3v) is 4.18. The minimum Gasteiger partial charge on any atom is -0.307 e. The van der Waals surface area contributed by atoms with Gasteiger partial charge < -0.3 is 4.66 Å². The summed E-state index contributed by atoms with van der Waals surface area (Å²) in [5, 5.41) is 0. The molecule has 0 unspecified atom stereocenters. The molecule has 5 heteroatoms. The number of rotatable bonds is 5. The maximum Gasteiger partial charge on any atom is 0.321 e. The van der Waals surface area contributed by atoms with Crippen LogP contribution in [0.15, 0.2) is 29.2 Å². The van der Waals surface area contributed by atoms with Gasteiger partial charge in [-0.2, -0.15) is 0 Å². The molecule has 0 saturated carbocycles. The van der Waals surface area contributed by atoms with Crippen molar-refractivity contribution < 1.29 is 0 Å². The fourth-order valence-electron chi connectivity index (χ4n) is 0.421. The first kappa shape index (κ1) is 11.0. The second-order valence-corrected chi connectivity index (χ2v) is 6.49. The van der Waals surface area contributed by atoms with Crippen LogP contribution < -0.4 is 0 Å². The maximum atomic E-state index is 5.99. The molecule has 0 aromatic rings. The zero-order valence-corrected chi connectivity index (χ0v) is 8.65. The summed E-state index contributed by atoms with van der Waals surface area (Å²) in [5.74, 6) is 0. The minimum atomic E-state index is -2.24. The normalized spacial score (nSPS) is 11.5. The van der Waals surface area contributed by atoms with Crippen molar-refractivity contribution in [3.63, 3.8) is 0 Å². The van der Waals surface area contributed by atoms with E-state index < -0.39 is 7.55 Å². The molecule has 0 bridgehead atoms. The molecule has 11 heavy (non-hydrogen) atoms. The fraction of sp³-hybridized carbons (Fsp3) is 0.167. The highest BCUT2D eigenvalue weighted by atomic mass is 35.6. The largest absolute Gasteiger partial charge is 0.321 e. The minimum absolute atomic E-state index is 0.616. The first-order valence-electron chi connectivity index (χ1n) is 3.10. The van der Waals surface area contributed by atoms with E-state index in [4.69, 9.17) is 22.5 Å². The van der Waals surface area contributed by atoms with Crippen LogP contribution in [0.25, 0.3) is 0 Å². The molecule has 0 fully saturated rings. The van der Waals surface area contributed by atoms with Crippen molar-refractivity contribution >= 4 is 43.0 Å². The lowest BCUT2D eigenvalue weighted by Crippen LogP contribution is -2.18. The first-order valence-corrected chi connectivity index (χ1v) is 6.65. The molecule has 1 nitrogen and oxygen atoms in total. The second kappa shape index (κ2) is 5.64. The van der Waals surface area contributed by atoms with Crippen molar-refractivity contribution in [2.75, 3.05) is 0 Å². The topological polar surface area (TPSA) is 12.4 Å². The van der Waals surface area contributed by atoms with Crippen LogP contribution in [-0.4, -0.2) is 20.5 Å². The van der Waals surface area contributed by atoms with Crippen LogP contribution in [0.1, 0.15) is 0 Å². The van der Waals surface area contributed by atoms with Crippen LogP contribution in [0.2, 0.25) is 6.32 Å². The van der Waals surface area contributed by atoms with E-state index in [1.54, 1.807) is 17.6 Å². The van der Waals surface area contributed by atoms with E-state index >= 15 is 0 Å². The van der Waals surface area contributed by atoms with Gasteiger partial charge in [0.2, 0.25) is 6.69 Å². The van der Waals surface area contributed by atoms with Gasteiger partial charge in [0, 0.05) is 0 Å². The van der Waals surface area contributed by atoms with Crippen molar-refractivity contribution in [2.45, 2.75) is 6.32 Å². The standard InChI is InChI=1S/C6H9BCl2NSi/c1-3-11(9,4-2)10-6-5-7-8/h3-4,6H,1-2,5H2. The molecule has 0 spiro atoms. The maximum absolute atomic E-state index is 5.99. The lowest BCUT2D eigenvalue weighted by molar-refractivity contribution is 1.74. The Morgan fingerprint density at radius 1 is 1.45 bits per heavy atom. The van der Waals surface area contributed by atoms with E-state index in [0.717, 1.165) is 0 Å². The molecule has 0 saturated heterocycles. The molecule has 0 aliphatic carbocycles. The zero-order valence-electron chi connectivity index (χ0n) is 6.13. The number of halogens is 2. The lowest BCUT2D eigenvalue weighted by Gasteiger charge is -2.06. The summed E-state index contributed by atoms with van der Waals surface area (Å²) in [6.45, 7) is 8.66. The van der Waals surface area contributed by atoms with Gasteiger partial charge in [-0.05, 0) is 12.5 Å². The summed E-state index contributed by atoms with van der Waals surface area (Å²) >= 11 is 11.3. The molecule has 0 atom stereocenters. The van der Waals surface area contributed by atoms with Crippen LogP contribution in [0.5, 0.6) is 0 Å². The predicted molar refractivity (Wildman–Crippen MR) is 56.9 cm³/mol. The van der Waals surface area contributed by atoms with E-state index in [-0.39, 0.29) is 0 Å². The molecule has 1 radical (unpaired) electrons. The summed E-state index contributed by atoms with van der Waals surface area (Å²) in [6, 6.07) is 0. The monoisotopic (exact) mass is 204 g/mol. The molecule has 0 amide bonds. The fourth-order valence-corrected chi connectivity index (χ4v) is 1.47. The smallest absolute Gasteiger partial charge is 0.307 e. The Morgan fingerprint density at radius 3 is 2.36 bits per heavy atom. The van der Waals surface area contributed by atoms with Gasteiger partial charge >= 0.3 is 7.55 Å². The van der Waals surface area contributed by atoms with Crippen LogP contribution in [0, 0.1) is 0 Å². The van der Waals surface area contributed by atoms with Gasteiger partial charge in [0.15, 0.2) is 0 Å². The molecule has 0 aromatic heterocycles. The van der Waals surface area contributed by atoms with Crippen LogP contribution in [0.4, 0.5) is 0 Å². The average Bonchev–Trinajstić information content (AvgIpc) is 2.05. The second-order valence-electron chi connectivity index (χ2n) is 1.84. The van der Waals surface area contributed by atoms with E-state index in [2.05, 4.69) is 17.8 Å². The Labute approximate surface area is 78.8 Å². The number of hydrogen-bond acceptors (Lipinski definition) is 1. The van der Waals surface area contributed by atoms with Gasteiger partial charge in [-0.25, -0.2) is 11.5 Å². The molecule has 0 aliphatic heterocycles. The van der Waals surface area contributed by atoms with Crippen LogP contribution in [0.3, 0.4) is 0 Å². The Balaban J connectivity index is 4.06. The summed E-state index contributed by atoms with van der Waals surface area (Å²) in [4.78, 5) is 0. The van der Waals surface area contributed by atoms with E-state index in [9.17, 15) is 0 Å². The molecule has 0 rings (SSSR count). The third kappa shape index (κ3) is 4.45. The molecule has 0 aliphatic rings. The van der Waals surface area contributed by atoms with Gasteiger partial charge in [-0.1, -0.05) is 11.4 Å². The van der Waals surface area contributed by atoms with Crippen molar-refractivity contribution in [3.8, 4) is 0 Å². The highest BCUT2D eigenvalue weighted by molar-refractivity contribution is 7.25. The van der Waals surface area contributed by atoms with Crippen molar-refractivity contribution in [1.29, 1.82) is 0 Å². The van der Waals surface area contributed by atoms with Gasteiger partial charge in [0.25, 0.3) is 0 Å². The van der Waals surface area contributed by atoms with Gasteiger partial charge in [-0.15, -0.1) is 24.2 Å². The molecular formula is C6H9BCl2NSi. The average molecular weight is 205 g/mol. The van der Waals surface area contributed by atoms with E-state index in [0.29, 0.717) is 6.32 Å². The lowest BCUT2D eigenvalue weighted by atomic mass is 10.1. The SMILES string of the molecule is C=C[Si](Cl)(C=C)N=CC[B]Cl. The Bertz CT molecular complexity index is 164. The Hall–Kier alpha value is 0.0118. The quantitative estimate of drug-likeness (QED) is 0.371. The first-order chi connectivity index (χ1) is 5.18. The summed E-state index contributed by atoms with van der Waals surface area (Å²) in [5.41, 5.74) is 3.29. The Kier molecular flexibility index (Phi) is 5.64. The van der Waals surface area contributed by atoms with Gasteiger partial charge in [0.05, 0.1) is 0 Å². The third-order valence-electron chi connectivity index (χ3n) is 1.06. The molecular weight excluding hydrogens is 196 g/mol. The number of hydrogen-bond donors (Lipinski definition) is 0. The van der Waals surface area contributed by atoms with Crippen LogP contribution >= 0.6 is 22.5 Å². The zero-order chi connectivity index (χ0) is 8.74. The predicted octanol–water partition coefficient (Wildman–Crippen LogP) is 2.46. The molecule has 0 heterocycles. The highest BCUT2D eigenvalue weighted by Crippen LogP contribution is 2.12.